The average molecular weight is 272 g/mol. The first-order valence-corrected chi connectivity index (χ1v) is 7.68. The molecule has 4 heteroatoms. The summed E-state index contributed by atoms with van der Waals surface area (Å²) in [6, 6.07) is 0. The predicted octanol–water partition coefficient (Wildman–Crippen LogP) is 1.35. The van der Waals surface area contributed by atoms with E-state index in [-0.39, 0.29) is 5.54 Å². The quantitative estimate of drug-likeness (QED) is 0.630. The Morgan fingerprint density at radius 3 is 1.74 bits per heavy atom. The van der Waals surface area contributed by atoms with Crippen molar-refractivity contribution in [2.45, 2.75) is 46.6 Å². The topological polar surface area (TPSA) is 58.5 Å². The molecule has 0 aromatic heterocycles. The van der Waals surface area contributed by atoms with E-state index in [1.165, 1.54) is 13.0 Å². The van der Waals surface area contributed by atoms with Gasteiger partial charge in [0, 0.05) is 44.8 Å². The SMILES string of the molecule is CC(C)CCN(CCN(CCN)CCN)C(C)(C)C. The zero-order chi connectivity index (χ0) is 14.9. The molecule has 0 rings (SSSR count). The lowest BCUT2D eigenvalue weighted by Crippen LogP contribution is -2.47. The van der Waals surface area contributed by atoms with Crippen molar-refractivity contribution < 1.29 is 0 Å². The predicted molar refractivity (Wildman–Crippen MR) is 85.3 cm³/mol. The molecule has 4 N–H and O–H groups in total. The van der Waals surface area contributed by atoms with Gasteiger partial charge in [0.15, 0.2) is 0 Å². The fourth-order valence-corrected chi connectivity index (χ4v) is 2.16. The fourth-order valence-electron chi connectivity index (χ4n) is 2.16. The Bertz CT molecular complexity index is 205. The second kappa shape index (κ2) is 9.70. The van der Waals surface area contributed by atoms with Gasteiger partial charge in [-0.05, 0) is 39.7 Å². The van der Waals surface area contributed by atoms with Gasteiger partial charge in [-0.2, -0.15) is 0 Å². The van der Waals surface area contributed by atoms with E-state index >= 15 is 0 Å². The van der Waals surface area contributed by atoms with Gasteiger partial charge < -0.3 is 11.5 Å². The van der Waals surface area contributed by atoms with E-state index in [9.17, 15) is 0 Å². The highest BCUT2D eigenvalue weighted by molar-refractivity contribution is 4.77. The molecule has 0 fully saturated rings. The molecule has 0 unspecified atom stereocenters. The highest BCUT2D eigenvalue weighted by atomic mass is 15.2. The summed E-state index contributed by atoms with van der Waals surface area (Å²) in [5, 5.41) is 0. The molecule has 0 saturated heterocycles. The molecule has 0 aliphatic carbocycles. The minimum atomic E-state index is 0.228. The maximum Gasteiger partial charge on any atom is 0.0125 e. The maximum absolute atomic E-state index is 5.65. The van der Waals surface area contributed by atoms with Crippen LogP contribution in [-0.4, -0.2) is 61.2 Å². The van der Waals surface area contributed by atoms with E-state index in [4.69, 9.17) is 11.5 Å². The highest BCUT2D eigenvalue weighted by Gasteiger charge is 2.21. The van der Waals surface area contributed by atoms with Gasteiger partial charge in [-0.3, -0.25) is 9.80 Å². The number of nitrogens with zero attached hydrogens (tertiary/aromatic N) is 2. The first-order chi connectivity index (χ1) is 8.81. The number of hydrogen-bond acceptors (Lipinski definition) is 4. The molecule has 116 valence electrons. The minimum absolute atomic E-state index is 0.228. The Kier molecular flexibility index (Phi) is 9.62. The molecule has 0 saturated carbocycles. The van der Waals surface area contributed by atoms with E-state index in [1.807, 2.05) is 0 Å². The van der Waals surface area contributed by atoms with Gasteiger partial charge in [-0.1, -0.05) is 13.8 Å². The van der Waals surface area contributed by atoms with Gasteiger partial charge in [-0.15, -0.1) is 0 Å². The summed E-state index contributed by atoms with van der Waals surface area (Å²) in [6.45, 7) is 18.1. The largest absolute Gasteiger partial charge is 0.329 e. The standard InChI is InChI=1S/C15H36N4/c1-14(2)6-9-19(15(3,4)5)13-12-18(10-7-16)11-8-17/h14H,6-13,16-17H2,1-5H3. The smallest absolute Gasteiger partial charge is 0.0125 e. The van der Waals surface area contributed by atoms with E-state index in [0.29, 0.717) is 13.1 Å². The van der Waals surface area contributed by atoms with Crippen LogP contribution in [0.1, 0.15) is 41.0 Å². The van der Waals surface area contributed by atoms with Crippen LogP contribution in [0.4, 0.5) is 0 Å². The molecule has 19 heavy (non-hydrogen) atoms. The molecule has 0 aliphatic heterocycles. The van der Waals surface area contributed by atoms with Gasteiger partial charge in [0.2, 0.25) is 0 Å². The zero-order valence-electron chi connectivity index (χ0n) is 13.8. The lowest BCUT2D eigenvalue weighted by molar-refractivity contribution is 0.110. The van der Waals surface area contributed by atoms with E-state index in [1.54, 1.807) is 0 Å². The summed E-state index contributed by atoms with van der Waals surface area (Å²) < 4.78 is 0. The van der Waals surface area contributed by atoms with Crippen LogP contribution in [0.2, 0.25) is 0 Å². The lowest BCUT2D eigenvalue weighted by atomic mass is 10.0. The van der Waals surface area contributed by atoms with Gasteiger partial charge >= 0.3 is 0 Å². The van der Waals surface area contributed by atoms with Crippen LogP contribution in [0.25, 0.3) is 0 Å². The van der Waals surface area contributed by atoms with Crippen LogP contribution < -0.4 is 11.5 Å². The number of hydrogen-bond donors (Lipinski definition) is 2. The fraction of sp³-hybridized carbons (Fsp3) is 1.00. The van der Waals surface area contributed by atoms with Gasteiger partial charge in [0.25, 0.3) is 0 Å². The molecule has 0 bridgehead atoms. The molecular formula is C15H36N4. The van der Waals surface area contributed by atoms with E-state index in [0.717, 1.165) is 32.1 Å². The number of nitrogens with two attached hydrogens (primary N) is 2. The first kappa shape index (κ1) is 18.8. The third-order valence-corrected chi connectivity index (χ3v) is 3.50. The van der Waals surface area contributed by atoms with Gasteiger partial charge in [-0.25, -0.2) is 0 Å². The van der Waals surface area contributed by atoms with Crippen molar-refractivity contribution in [3.05, 3.63) is 0 Å². The Morgan fingerprint density at radius 2 is 1.37 bits per heavy atom. The molecular weight excluding hydrogens is 236 g/mol. The van der Waals surface area contributed by atoms with Crippen molar-refractivity contribution in [3.63, 3.8) is 0 Å². The second-order valence-electron chi connectivity index (χ2n) is 6.76. The molecule has 0 radical (unpaired) electrons. The molecule has 0 atom stereocenters. The van der Waals surface area contributed by atoms with Gasteiger partial charge in [0.05, 0.1) is 0 Å². The molecule has 0 aliphatic rings. The number of rotatable bonds is 10. The molecule has 0 aromatic carbocycles. The lowest BCUT2D eigenvalue weighted by Gasteiger charge is -2.37. The van der Waals surface area contributed by atoms with Crippen molar-refractivity contribution in [1.82, 2.24) is 9.80 Å². The van der Waals surface area contributed by atoms with Crippen molar-refractivity contribution in [1.29, 1.82) is 0 Å². The van der Waals surface area contributed by atoms with Crippen LogP contribution in [0.5, 0.6) is 0 Å². The summed E-state index contributed by atoms with van der Waals surface area (Å²) in [5.41, 5.74) is 11.5. The van der Waals surface area contributed by atoms with Crippen LogP contribution >= 0.6 is 0 Å². The summed E-state index contributed by atoms with van der Waals surface area (Å²) in [6.07, 6.45) is 1.26. The molecule has 0 amide bonds. The summed E-state index contributed by atoms with van der Waals surface area (Å²) in [7, 11) is 0. The molecule has 4 nitrogen and oxygen atoms in total. The van der Waals surface area contributed by atoms with Crippen molar-refractivity contribution in [2.24, 2.45) is 17.4 Å². The van der Waals surface area contributed by atoms with E-state index in [2.05, 4.69) is 44.4 Å². The molecule has 0 aromatic rings. The first-order valence-electron chi connectivity index (χ1n) is 7.68. The Balaban J connectivity index is 4.30. The summed E-state index contributed by atoms with van der Waals surface area (Å²) in [4.78, 5) is 4.95. The van der Waals surface area contributed by atoms with Crippen LogP contribution in [0, 0.1) is 5.92 Å². The molecule has 0 heterocycles. The maximum atomic E-state index is 5.65. The van der Waals surface area contributed by atoms with Crippen molar-refractivity contribution in [2.75, 3.05) is 45.8 Å². The minimum Gasteiger partial charge on any atom is -0.329 e. The monoisotopic (exact) mass is 272 g/mol. The second-order valence-corrected chi connectivity index (χ2v) is 6.76. The Morgan fingerprint density at radius 1 is 0.842 bits per heavy atom. The third-order valence-electron chi connectivity index (χ3n) is 3.50. The Labute approximate surface area is 120 Å². The summed E-state index contributed by atoms with van der Waals surface area (Å²) >= 11 is 0. The van der Waals surface area contributed by atoms with Gasteiger partial charge in [0.1, 0.15) is 0 Å². The van der Waals surface area contributed by atoms with Crippen LogP contribution in [-0.2, 0) is 0 Å². The zero-order valence-corrected chi connectivity index (χ0v) is 13.8. The third kappa shape index (κ3) is 9.38. The summed E-state index contributed by atoms with van der Waals surface area (Å²) in [5.74, 6) is 0.758. The molecule has 0 spiro atoms. The highest BCUT2D eigenvalue weighted by Crippen LogP contribution is 2.15. The Hall–Kier alpha value is -0.160. The normalized spacial score (nSPS) is 12.9. The van der Waals surface area contributed by atoms with Crippen LogP contribution in [0.3, 0.4) is 0 Å². The average Bonchev–Trinajstić information content (AvgIpc) is 2.27. The van der Waals surface area contributed by atoms with Crippen molar-refractivity contribution >= 4 is 0 Å². The van der Waals surface area contributed by atoms with Crippen molar-refractivity contribution in [3.8, 4) is 0 Å². The van der Waals surface area contributed by atoms with Crippen LogP contribution in [0.15, 0.2) is 0 Å². The van der Waals surface area contributed by atoms with E-state index < -0.39 is 0 Å².